The van der Waals surface area contributed by atoms with E-state index in [-0.39, 0.29) is 11.3 Å². The molecule has 0 atom stereocenters. The third kappa shape index (κ3) is 4.91. The minimum atomic E-state index is -0.461. The minimum Gasteiger partial charge on any atom is -0.494 e. The number of hydrogen-bond acceptors (Lipinski definition) is 8. The molecular weight excluding hydrogens is 510 g/mol. The van der Waals surface area contributed by atoms with Crippen LogP contribution in [0.4, 0.5) is 0 Å². The van der Waals surface area contributed by atoms with Crippen molar-refractivity contribution in [3.63, 3.8) is 0 Å². The van der Waals surface area contributed by atoms with Crippen LogP contribution in [0.5, 0.6) is 17.2 Å². The van der Waals surface area contributed by atoms with Crippen LogP contribution in [-0.2, 0) is 4.79 Å². The van der Waals surface area contributed by atoms with Crippen LogP contribution in [0.1, 0.15) is 25.8 Å². The van der Waals surface area contributed by atoms with Gasteiger partial charge in [-0.25, -0.2) is 0 Å². The number of thiazole rings is 1. The van der Waals surface area contributed by atoms with Gasteiger partial charge in [-0.15, -0.1) is 5.10 Å². The molecule has 10 heteroatoms. The first-order valence-electron chi connectivity index (χ1n) is 10.1. The maximum absolute atomic E-state index is 12.9. The lowest BCUT2D eigenvalue weighted by Crippen LogP contribution is -2.23. The molecule has 4 rings (SSSR count). The molecule has 33 heavy (non-hydrogen) atoms. The van der Waals surface area contributed by atoms with E-state index in [0.29, 0.717) is 37.7 Å². The average molecular weight is 530 g/mol. The highest BCUT2D eigenvalue weighted by molar-refractivity contribution is 9.10. The van der Waals surface area contributed by atoms with E-state index < -0.39 is 5.97 Å². The first kappa shape index (κ1) is 22.9. The van der Waals surface area contributed by atoms with Gasteiger partial charge in [0.1, 0.15) is 5.75 Å². The molecule has 0 saturated carbocycles. The van der Waals surface area contributed by atoms with Gasteiger partial charge >= 0.3 is 5.97 Å². The van der Waals surface area contributed by atoms with Crippen LogP contribution in [0.15, 0.2) is 45.7 Å². The quantitative estimate of drug-likeness (QED) is 0.265. The Morgan fingerprint density at radius 1 is 1.24 bits per heavy atom. The predicted molar refractivity (Wildman–Crippen MR) is 129 cm³/mol. The van der Waals surface area contributed by atoms with Gasteiger partial charge in [0.15, 0.2) is 17.3 Å². The summed E-state index contributed by atoms with van der Waals surface area (Å²) in [5.41, 5.74) is 1.23. The number of methoxy groups -OCH3 is 1. The van der Waals surface area contributed by atoms with Gasteiger partial charge in [-0.2, -0.15) is 9.50 Å². The molecule has 0 amide bonds. The van der Waals surface area contributed by atoms with E-state index in [0.717, 1.165) is 17.7 Å². The van der Waals surface area contributed by atoms with E-state index in [1.807, 2.05) is 24.3 Å². The first-order valence-corrected chi connectivity index (χ1v) is 11.7. The van der Waals surface area contributed by atoms with Crippen molar-refractivity contribution in [2.45, 2.75) is 20.3 Å². The standard InChI is InChI=1S/C23H20BrN3O5S/c1-4-9-31-16-7-5-15(6-8-16)21-25-23-27(26-21)22(29)19(33-23)12-14-10-17(24)20(32-13(2)28)18(11-14)30-3/h5-8,10-12H,4,9H2,1-3H3. The Kier molecular flexibility index (Phi) is 6.75. The molecule has 0 aliphatic rings. The van der Waals surface area contributed by atoms with Crippen molar-refractivity contribution in [2.24, 2.45) is 0 Å². The zero-order valence-electron chi connectivity index (χ0n) is 18.1. The summed E-state index contributed by atoms with van der Waals surface area (Å²) < 4.78 is 18.4. The highest BCUT2D eigenvalue weighted by atomic mass is 79.9. The molecule has 8 nitrogen and oxygen atoms in total. The summed E-state index contributed by atoms with van der Waals surface area (Å²) in [5.74, 6) is 1.44. The molecule has 0 aliphatic heterocycles. The molecule has 2 heterocycles. The zero-order valence-corrected chi connectivity index (χ0v) is 20.5. The van der Waals surface area contributed by atoms with E-state index >= 15 is 0 Å². The molecular formula is C23H20BrN3O5S. The van der Waals surface area contributed by atoms with Gasteiger partial charge in [-0.1, -0.05) is 18.3 Å². The van der Waals surface area contributed by atoms with Crippen molar-refractivity contribution in [3.8, 4) is 28.6 Å². The second-order valence-electron chi connectivity index (χ2n) is 7.05. The largest absolute Gasteiger partial charge is 0.494 e. The van der Waals surface area contributed by atoms with Crippen LogP contribution >= 0.6 is 27.3 Å². The summed E-state index contributed by atoms with van der Waals surface area (Å²) in [6, 6.07) is 10.9. The average Bonchev–Trinajstić information content (AvgIpc) is 3.33. The fourth-order valence-electron chi connectivity index (χ4n) is 3.09. The Labute approximate surface area is 201 Å². The van der Waals surface area contributed by atoms with Gasteiger partial charge in [0.05, 0.1) is 22.7 Å². The van der Waals surface area contributed by atoms with Crippen molar-refractivity contribution >= 4 is 44.3 Å². The lowest BCUT2D eigenvalue weighted by atomic mass is 10.2. The summed E-state index contributed by atoms with van der Waals surface area (Å²) >= 11 is 4.63. The van der Waals surface area contributed by atoms with Gasteiger partial charge in [-0.3, -0.25) is 9.59 Å². The van der Waals surface area contributed by atoms with E-state index in [1.54, 1.807) is 18.2 Å². The van der Waals surface area contributed by atoms with Crippen LogP contribution in [-0.4, -0.2) is 34.3 Å². The van der Waals surface area contributed by atoms with Crippen LogP contribution in [0.3, 0.4) is 0 Å². The summed E-state index contributed by atoms with van der Waals surface area (Å²) in [7, 11) is 1.48. The number of fused-ring (bicyclic) bond motifs is 1. The molecule has 0 spiro atoms. The number of nitrogens with zero attached hydrogens (tertiary/aromatic N) is 3. The molecule has 0 unspecified atom stereocenters. The SMILES string of the molecule is CCCOc1ccc(-c2nc3sc(=Cc4cc(Br)c(OC(C)=O)c(OC)c4)c(=O)n3n2)cc1. The van der Waals surface area contributed by atoms with Gasteiger partial charge < -0.3 is 14.2 Å². The maximum Gasteiger partial charge on any atom is 0.308 e. The second kappa shape index (κ2) is 9.72. The number of aromatic nitrogens is 3. The van der Waals surface area contributed by atoms with Gasteiger partial charge in [-0.05, 0) is 70.4 Å². The van der Waals surface area contributed by atoms with Crippen molar-refractivity contribution in [3.05, 3.63) is 61.3 Å². The summed E-state index contributed by atoms with van der Waals surface area (Å²) in [6.45, 7) is 4.02. The fraction of sp³-hybridized carbons (Fsp3) is 0.217. The molecule has 170 valence electrons. The zero-order chi connectivity index (χ0) is 23.5. The highest BCUT2D eigenvalue weighted by Crippen LogP contribution is 2.37. The molecule has 0 N–H and O–H groups in total. The highest BCUT2D eigenvalue weighted by Gasteiger charge is 2.15. The minimum absolute atomic E-state index is 0.268. The predicted octanol–water partition coefficient (Wildman–Crippen LogP) is 3.85. The number of halogens is 1. The van der Waals surface area contributed by atoms with Crippen molar-refractivity contribution in [1.29, 1.82) is 0 Å². The number of esters is 1. The Bertz CT molecular complexity index is 1430. The number of rotatable bonds is 7. The maximum atomic E-state index is 12.9. The van der Waals surface area contributed by atoms with E-state index in [1.165, 1.54) is 29.9 Å². The summed E-state index contributed by atoms with van der Waals surface area (Å²) in [6.07, 6.45) is 2.65. The van der Waals surface area contributed by atoms with E-state index in [2.05, 4.69) is 32.9 Å². The number of benzene rings is 2. The Morgan fingerprint density at radius 3 is 2.64 bits per heavy atom. The van der Waals surface area contributed by atoms with E-state index in [4.69, 9.17) is 14.2 Å². The van der Waals surface area contributed by atoms with Crippen LogP contribution < -0.4 is 24.3 Å². The molecule has 0 saturated heterocycles. The number of ether oxygens (including phenoxy) is 3. The summed E-state index contributed by atoms with van der Waals surface area (Å²) in [4.78, 5) is 29.3. The Hall–Kier alpha value is -3.24. The number of carbonyl (C=O) groups is 1. The van der Waals surface area contributed by atoms with Gasteiger partial charge in [0, 0.05) is 12.5 Å². The molecule has 0 bridgehead atoms. The summed E-state index contributed by atoms with van der Waals surface area (Å²) in [5, 5.41) is 4.39. The monoisotopic (exact) mass is 529 g/mol. The molecule has 2 aromatic carbocycles. The van der Waals surface area contributed by atoms with Crippen LogP contribution in [0.25, 0.3) is 22.4 Å². The van der Waals surface area contributed by atoms with Crippen LogP contribution in [0, 0.1) is 0 Å². The van der Waals surface area contributed by atoms with Gasteiger partial charge in [0.25, 0.3) is 5.56 Å². The molecule has 4 aromatic rings. The Balaban J connectivity index is 1.67. The van der Waals surface area contributed by atoms with Crippen molar-refractivity contribution in [2.75, 3.05) is 13.7 Å². The van der Waals surface area contributed by atoms with Crippen LogP contribution in [0.2, 0.25) is 0 Å². The third-order valence-corrected chi connectivity index (χ3v) is 6.11. The second-order valence-corrected chi connectivity index (χ2v) is 8.91. The topological polar surface area (TPSA) is 92.0 Å². The lowest BCUT2D eigenvalue weighted by molar-refractivity contribution is -0.132. The fourth-order valence-corrected chi connectivity index (χ4v) is 4.54. The first-order chi connectivity index (χ1) is 15.9. The smallest absolute Gasteiger partial charge is 0.308 e. The molecule has 0 fully saturated rings. The lowest BCUT2D eigenvalue weighted by Gasteiger charge is -2.10. The van der Waals surface area contributed by atoms with Crippen molar-refractivity contribution < 1.29 is 19.0 Å². The van der Waals surface area contributed by atoms with Gasteiger partial charge in [0.2, 0.25) is 4.96 Å². The Morgan fingerprint density at radius 2 is 2.00 bits per heavy atom. The number of hydrogen-bond donors (Lipinski definition) is 0. The third-order valence-electron chi connectivity index (χ3n) is 4.56. The number of carbonyl (C=O) groups excluding carboxylic acids is 1. The van der Waals surface area contributed by atoms with Crippen molar-refractivity contribution in [1.82, 2.24) is 14.6 Å². The molecule has 2 aromatic heterocycles. The normalized spacial score (nSPS) is 11.7. The molecule has 0 radical (unpaired) electrons. The molecule has 0 aliphatic carbocycles. The van der Waals surface area contributed by atoms with E-state index in [9.17, 15) is 9.59 Å².